The zero-order valence-electron chi connectivity index (χ0n) is 15.9. The molecule has 0 unspecified atom stereocenters. The summed E-state index contributed by atoms with van der Waals surface area (Å²) in [4.78, 5) is 9.01. The standard InChI is InChI=1S/C21H32N4S/c1-2-22-20(24-17-10-14-25(15-11-17)18-8-9-18)23-16-21(12-13-21)26-19-6-4-3-5-7-19/h3-7,17-18H,2,8-16H2,1H3,(H2,22,23,24). The molecule has 0 atom stereocenters. The molecule has 2 aliphatic carbocycles. The molecule has 5 heteroatoms. The molecular formula is C21H32N4S. The van der Waals surface area contributed by atoms with Crippen molar-refractivity contribution >= 4 is 17.7 Å². The lowest BCUT2D eigenvalue weighted by molar-refractivity contribution is 0.197. The van der Waals surface area contributed by atoms with Gasteiger partial charge in [-0.1, -0.05) is 18.2 Å². The molecule has 3 aliphatic rings. The average Bonchev–Trinajstić information content (AvgIpc) is 3.58. The Morgan fingerprint density at radius 2 is 1.88 bits per heavy atom. The minimum atomic E-state index is 0.318. The Balaban J connectivity index is 1.29. The van der Waals surface area contributed by atoms with Gasteiger partial charge in [0.1, 0.15) is 0 Å². The largest absolute Gasteiger partial charge is 0.357 e. The molecule has 1 aromatic carbocycles. The van der Waals surface area contributed by atoms with Crippen LogP contribution in [0, 0.1) is 0 Å². The van der Waals surface area contributed by atoms with Crippen LogP contribution in [0.5, 0.6) is 0 Å². The summed E-state index contributed by atoms with van der Waals surface area (Å²) >= 11 is 2.00. The van der Waals surface area contributed by atoms with Gasteiger partial charge in [-0.2, -0.15) is 0 Å². The van der Waals surface area contributed by atoms with Crippen molar-refractivity contribution in [3.63, 3.8) is 0 Å². The zero-order valence-corrected chi connectivity index (χ0v) is 16.7. The lowest BCUT2D eigenvalue weighted by atomic mass is 10.1. The van der Waals surface area contributed by atoms with Crippen LogP contribution in [-0.2, 0) is 0 Å². The Hall–Kier alpha value is -1.20. The number of hydrogen-bond acceptors (Lipinski definition) is 3. The molecule has 4 rings (SSSR count). The maximum atomic E-state index is 4.96. The minimum absolute atomic E-state index is 0.318. The third-order valence-electron chi connectivity index (χ3n) is 5.69. The second-order valence-electron chi connectivity index (χ2n) is 7.98. The first-order valence-electron chi connectivity index (χ1n) is 10.3. The van der Waals surface area contributed by atoms with Gasteiger partial charge in [-0.25, -0.2) is 0 Å². The molecule has 0 radical (unpaired) electrons. The smallest absolute Gasteiger partial charge is 0.191 e. The Morgan fingerprint density at radius 1 is 1.15 bits per heavy atom. The zero-order chi connectivity index (χ0) is 17.8. The van der Waals surface area contributed by atoms with Crippen molar-refractivity contribution in [2.75, 3.05) is 26.2 Å². The van der Waals surface area contributed by atoms with Crippen molar-refractivity contribution in [2.45, 2.75) is 67.2 Å². The average molecular weight is 373 g/mol. The minimum Gasteiger partial charge on any atom is -0.357 e. The number of rotatable bonds is 7. The highest BCUT2D eigenvalue weighted by molar-refractivity contribution is 8.01. The van der Waals surface area contributed by atoms with E-state index in [-0.39, 0.29) is 0 Å². The summed E-state index contributed by atoms with van der Waals surface area (Å²) in [5.74, 6) is 1.01. The lowest BCUT2D eigenvalue weighted by Gasteiger charge is -2.33. The van der Waals surface area contributed by atoms with E-state index < -0.39 is 0 Å². The Morgan fingerprint density at radius 3 is 2.50 bits per heavy atom. The highest BCUT2D eigenvalue weighted by Gasteiger charge is 2.43. The number of aliphatic imine (C=N–C) groups is 1. The predicted octanol–water partition coefficient (Wildman–Crippen LogP) is 3.49. The third kappa shape index (κ3) is 4.95. The Bertz CT molecular complexity index is 602. The quantitative estimate of drug-likeness (QED) is 0.568. The van der Waals surface area contributed by atoms with Crippen molar-refractivity contribution in [3.8, 4) is 0 Å². The van der Waals surface area contributed by atoms with Crippen molar-refractivity contribution in [2.24, 2.45) is 4.99 Å². The van der Waals surface area contributed by atoms with Gasteiger partial charge in [0.15, 0.2) is 5.96 Å². The molecule has 2 N–H and O–H groups in total. The fraction of sp³-hybridized carbons (Fsp3) is 0.667. The van der Waals surface area contributed by atoms with Crippen LogP contribution in [-0.4, -0.2) is 53.9 Å². The molecule has 0 amide bonds. The summed E-state index contributed by atoms with van der Waals surface area (Å²) in [5.41, 5.74) is 0. The Labute approximate surface area is 162 Å². The van der Waals surface area contributed by atoms with Crippen LogP contribution in [0.25, 0.3) is 0 Å². The number of nitrogens with zero attached hydrogens (tertiary/aromatic N) is 2. The monoisotopic (exact) mass is 372 g/mol. The normalized spacial score (nSPS) is 23.7. The van der Waals surface area contributed by atoms with Gasteiger partial charge in [-0.15, -0.1) is 11.8 Å². The molecule has 26 heavy (non-hydrogen) atoms. The molecule has 1 aliphatic heterocycles. The van der Waals surface area contributed by atoms with Crippen LogP contribution in [0.2, 0.25) is 0 Å². The summed E-state index contributed by atoms with van der Waals surface area (Å²) in [6.07, 6.45) is 7.87. The molecule has 0 bridgehead atoms. The van der Waals surface area contributed by atoms with Gasteiger partial charge in [0.05, 0.1) is 6.54 Å². The first-order chi connectivity index (χ1) is 12.8. The van der Waals surface area contributed by atoms with Crippen LogP contribution in [0.4, 0.5) is 0 Å². The number of piperidine rings is 1. The van der Waals surface area contributed by atoms with Crippen molar-refractivity contribution in [3.05, 3.63) is 30.3 Å². The maximum Gasteiger partial charge on any atom is 0.191 e. The van der Waals surface area contributed by atoms with E-state index in [1.165, 1.54) is 56.5 Å². The fourth-order valence-corrected chi connectivity index (χ4v) is 4.98. The van der Waals surface area contributed by atoms with Crippen molar-refractivity contribution in [1.82, 2.24) is 15.5 Å². The van der Waals surface area contributed by atoms with E-state index in [0.29, 0.717) is 10.8 Å². The van der Waals surface area contributed by atoms with Gasteiger partial charge in [-0.05, 0) is 57.6 Å². The number of guanidine groups is 1. The van der Waals surface area contributed by atoms with E-state index >= 15 is 0 Å². The van der Waals surface area contributed by atoms with Crippen molar-refractivity contribution in [1.29, 1.82) is 0 Å². The number of likely N-dealkylation sites (tertiary alicyclic amines) is 1. The molecule has 4 nitrogen and oxygen atoms in total. The van der Waals surface area contributed by atoms with Crippen LogP contribution in [0.1, 0.15) is 45.4 Å². The van der Waals surface area contributed by atoms with Crippen LogP contribution >= 0.6 is 11.8 Å². The van der Waals surface area contributed by atoms with Gasteiger partial charge < -0.3 is 15.5 Å². The Kier molecular flexibility index (Phi) is 5.75. The highest BCUT2D eigenvalue weighted by Crippen LogP contribution is 2.51. The third-order valence-corrected chi connectivity index (χ3v) is 7.17. The van der Waals surface area contributed by atoms with Crippen LogP contribution < -0.4 is 10.6 Å². The predicted molar refractivity (Wildman–Crippen MR) is 111 cm³/mol. The summed E-state index contributed by atoms with van der Waals surface area (Å²) in [6, 6.07) is 12.2. The van der Waals surface area contributed by atoms with E-state index in [2.05, 4.69) is 52.8 Å². The fourth-order valence-electron chi connectivity index (χ4n) is 3.76. The number of thioether (sulfide) groups is 1. The molecule has 2 saturated carbocycles. The van der Waals surface area contributed by atoms with Gasteiger partial charge in [0.25, 0.3) is 0 Å². The molecule has 0 aromatic heterocycles. The van der Waals surface area contributed by atoms with Crippen molar-refractivity contribution < 1.29 is 0 Å². The summed E-state index contributed by atoms with van der Waals surface area (Å²) in [6.45, 7) is 6.47. The SMILES string of the molecule is CCNC(=NCC1(Sc2ccccc2)CC1)NC1CCN(C2CC2)CC1. The van der Waals surface area contributed by atoms with E-state index in [0.717, 1.165) is 25.1 Å². The van der Waals surface area contributed by atoms with Gasteiger partial charge in [0, 0.05) is 41.4 Å². The first-order valence-corrected chi connectivity index (χ1v) is 11.1. The molecule has 142 valence electrons. The van der Waals surface area contributed by atoms with Gasteiger partial charge in [0.2, 0.25) is 0 Å². The number of hydrogen-bond donors (Lipinski definition) is 2. The molecule has 1 aromatic rings. The van der Waals surface area contributed by atoms with E-state index in [9.17, 15) is 0 Å². The second kappa shape index (κ2) is 8.22. The van der Waals surface area contributed by atoms with E-state index in [1.807, 2.05) is 11.8 Å². The van der Waals surface area contributed by atoms with Crippen LogP contribution in [0.15, 0.2) is 40.2 Å². The number of nitrogens with one attached hydrogen (secondary N) is 2. The van der Waals surface area contributed by atoms with E-state index in [1.54, 1.807) is 0 Å². The molecule has 0 spiro atoms. The lowest BCUT2D eigenvalue weighted by Crippen LogP contribution is -2.49. The van der Waals surface area contributed by atoms with Gasteiger partial charge >= 0.3 is 0 Å². The first kappa shape index (κ1) is 18.2. The number of benzene rings is 1. The van der Waals surface area contributed by atoms with E-state index in [4.69, 9.17) is 4.99 Å². The second-order valence-corrected chi connectivity index (χ2v) is 9.52. The summed E-state index contributed by atoms with van der Waals surface area (Å²) < 4.78 is 0.318. The molecular weight excluding hydrogens is 340 g/mol. The highest BCUT2D eigenvalue weighted by atomic mass is 32.2. The topological polar surface area (TPSA) is 39.7 Å². The summed E-state index contributed by atoms with van der Waals surface area (Å²) in [7, 11) is 0. The summed E-state index contributed by atoms with van der Waals surface area (Å²) in [5, 5.41) is 7.16. The molecule has 1 heterocycles. The van der Waals surface area contributed by atoms with Gasteiger partial charge in [-0.3, -0.25) is 4.99 Å². The molecule has 1 saturated heterocycles. The molecule has 3 fully saturated rings. The van der Waals surface area contributed by atoms with Crippen LogP contribution in [0.3, 0.4) is 0 Å². The maximum absolute atomic E-state index is 4.96.